The summed E-state index contributed by atoms with van der Waals surface area (Å²) in [5.74, 6) is 0. The number of morpholine rings is 1. The lowest BCUT2D eigenvalue weighted by atomic mass is 10.1. The number of ether oxygens (including phenoxy) is 1. The van der Waals surface area contributed by atoms with E-state index in [2.05, 4.69) is 29.5 Å². The van der Waals surface area contributed by atoms with Crippen LogP contribution in [0.2, 0.25) is 0 Å². The predicted molar refractivity (Wildman–Crippen MR) is 91.0 cm³/mol. The lowest BCUT2D eigenvalue weighted by molar-refractivity contribution is 0.00949. The molecule has 3 atom stereocenters. The Bertz CT molecular complexity index is 699. The fourth-order valence-corrected chi connectivity index (χ4v) is 3.65. The second-order valence-electron chi connectivity index (χ2n) is 6.56. The topological polar surface area (TPSA) is 59.4 Å². The minimum Gasteiger partial charge on any atom is -0.377 e. The maximum absolute atomic E-state index is 12.6. The zero-order valence-corrected chi connectivity index (χ0v) is 13.8. The zero-order valence-electron chi connectivity index (χ0n) is 13.8. The number of aromatic nitrogens is 2. The van der Waals surface area contributed by atoms with E-state index in [1.165, 1.54) is 5.56 Å². The number of carbonyl (C=O) groups is 1. The third kappa shape index (κ3) is 2.78. The number of benzene rings is 1. The number of carbonyl (C=O) groups excluding carboxylic acids is 1. The molecular formula is C18H22N4O2. The first kappa shape index (κ1) is 15.2. The van der Waals surface area contributed by atoms with Crippen molar-refractivity contribution in [2.24, 2.45) is 0 Å². The molecule has 2 aliphatic rings. The highest BCUT2D eigenvalue weighted by atomic mass is 16.5. The molecular weight excluding hydrogens is 304 g/mol. The average Bonchev–Trinajstić information content (AvgIpc) is 3.17. The van der Waals surface area contributed by atoms with E-state index in [-0.39, 0.29) is 24.2 Å². The molecule has 126 valence electrons. The predicted octanol–water partition coefficient (Wildman–Crippen LogP) is 2.89. The highest BCUT2D eigenvalue weighted by molar-refractivity contribution is 5.89. The number of hydrogen-bond donors (Lipinski definition) is 1. The van der Waals surface area contributed by atoms with E-state index in [1.54, 1.807) is 6.20 Å². The molecule has 0 aliphatic carbocycles. The highest BCUT2D eigenvalue weighted by Crippen LogP contribution is 2.29. The standard InChI is InChI=1S/C18H22N4O2/c1-13(14-5-3-2-4-6-14)21-10-15(9-19-21)20-18(23)22-16-7-8-17(22)12-24-11-16/h2-6,9-10,13,16-17H,7-8,11-12H2,1H3,(H,20,23). The van der Waals surface area contributed by atoms with Gasteiger partial charge in [0.05, 0.1) is 43.2 Å². The van der Waals surface area contributed by atoms with Crippen LogP contribution in [-0.2, 0) is 4.74 Å². The summed E-state index contributed by atoms with van der Waals surface area (Å²) in [4.78, 5) is 14.5. The number of hydrogen-bond acceptors (Lipinski definition) is 3. The van der Waals surface area contributed by atoms with Gasteiger partial charge in [-0.05, 0) is 25.3 Å². The molecule has 1 aromatic carbocycles. The van der Waals surface area contributed by atoms with Crippen LogP contribution in [0.1, 0.15) is 31.4 Å². The SMILES string of the molecule is CC(c1ccccc1)n1cc(NC(=O)N2C3CCC2COC3)cn1. The smallest absolute Gasteiger partial charge is 0.322 e. The summed E-state index contributed by atoms with van der Waals surface area (Å²) >= 11 is 0. The summed E-state index contributed by atoms with van der Waals surface area (Å²) in [6.45, 7) is 3.39. The van der Waals surface area contributed by atoms with Gasteiger partial charge in [-0.25, -0.2) is 4.79 Å². The molecule has 2 saturated heterocycles. The van der Waals surface area contributed by atoms with Crippen molar-refractivity contribution in [3.63, 3.8) is 0 Å². The van der Waals surface area contributed by atoms with Crippen molar-refractivity contribution in [1.82, 2.24) is 14.7 Å². The Hall–Kier alpha value is -2.34. The molecule has 0 radical (unpaired) electrons. The molecule has 2 fully saturated rings. The third-order valence-corrected chi connectivity index (χ3v) is 5.01. The lowest BCUT2D eigenvalue weighted by Gasteiger charge is -2.34. The van der Waals surface area contributed by atoms with Crippen molar-refractivity contribution in [3.05, 3.63) is 48.3 Å². The van der Waals surface area contributed by atoms with Gasteiger partial charge in [0.15, 0.2) is 0 Å². The molecule has 3 unspecified atom stereocenters. The largest absolute Gasteiger partial charge is 0.377 e. The molecule has 24 heavy (non-hydrogen) atoms. The normalized spacial score (nSPS) is 24.0. The highest BCUT2D eigenvalue weighted by Gasteiger charge is 2.40. The van der Waals surface area contributed by atoms with E-state index in [9.17, 15) is 4.79 Å². The van der Waals surface area contributed by atoms with Gasteiger partial charge in [-0.15, -0.1) is 0 Å². The monoisotopic (exact) mass is 326 g/mol. The number of nitrogens with zero attached hydrogens (tertiary/aromatic N) is 3. The van der Waals surface area contributed by atoms with Crippen molar-refractivity contribution >= 4 is 11.7 Å². The molecule has 6 nitrogen and oxygen atoms in total. The Morgan fingerprint density at radius 2 is 1.96 bits per heavy atom. The van der Waals surface area contributed by atoms with Gasteiger partial charge in [0.1, 0.15) is 0 Å². The van der Waals surface area contributed by atoms with Crippen LogP contribution in [0, 0.1) is 0 Å². The van der Waals surface area contributed by atoms with Gasteiger partial charge in [0, 0.05) is 6.20 Å². The summed E-state index contributed by atoms with van der Waals surface area (Å²) in [7, 11) is 0. The Balaban J connectivity index is 1.45. The average molecular weight is 326 g/mol. The number of anilines is 1. The lowest BCUT2D eigenvalue weighted by Crippen LogP contribution is -2.50. The Kier molecular flexibility index (Phi) is 3.98. The number of amides is 2. The second-order valence-corrected chi connectivity index (χ2v) is 6.56. The molecule has 2 bridgehead atoms. The van der Waals surface area contributed by atoms with Crippen molar-refractivity contribution < 1.29 is 9.53 Å². The molecule has 0 saturated carbocycles. The number of rotatable bonds is 3. The van der Waals surface area contributed by atoms with Gasteiger partial charge in [0.2, 0.25) is 0 Å². The first-order chi connectivity index (χ1) is 11.7. The van der Waals surface area contributed by atoms with Crippen molar-refractivity contribution in [1.29, 1.82) is 0 Å². The minimum absolute atomic E-state index is 0.0438. The molecule has 4 rings (SSSR count). The Morgan fingerprint density at radius 1 is 1.25 bits per heavy atom. The molecule has 2 aromatic rings. The molecule has 1 aromatic heterocycles. The van der Waals surface area contributed by atoms with Crippen LogP contribution in [0.4, 0.5) is 10.5 Å². The quantitative estimate of drug-likeness (QED) is 0.943. The van der Waals surface area contributed by atoms with Crippen LogP contribution >= 0.6 is 0 Å². The Morgan fingerprint density at radius 3 is 2.67 bits per heavy atom. The summed E-state index contributed by atoms with van der Waals surface area (Å²) in [5, 5.41) is 7.39. The molecule has 2 aliphatic heterocycles. The van der Waals surface area contributed by atoms with Gasteiger partial charge < -0.3 is 15.0 Å². The van der Waals surface area contributed by atoms with E-state index in [0.717, 1.165) is 18.5 Å². The van der Waals surface area contributed by atoms with Crippen LogP contribution in [-0.4, -0.2) is 46.0 Å². The van der Waals surface area contributed by atoms with Crippen molar-refractivity contribution in [3.8, 4) is 0 Å². The number of nitrogens with one attached hydrogen (secondary N) is 1. The Labute approximate surface area is 141 Å². The molecule has 1 N–H and O–H groups in total. The van der Waals surface area contributed by atoms with Crippen LogP contribution < -0.4 is 5.32 Å². The molecule has 2 amide bonds. The van der Waals surface area contributed by atoms with E-state index >= 15 is 0 Å². The van der Waals surface area contributed by atoms with Gasteiger partial charge in [-0.2, -0.15) is 5.10 Å². The molecule has 3 heterocycles. The maximum Gasteiger partial charge on any atom is 0.322 e. The van der Waals surface area contributed by atoms with Crippen molar-refractivity contribution in [2.45, 2.75) is 37.9 Å². The zero-order chi connectivity index (χ0) is 16.5. The van der Waals surface area contributed by atoms with Crippen molar-refractivity contribution in [2.75, 3.05) is 18.5 Å². The van der Waals surface area contributed by atoms with Crippen LogP contribution in [0.5, 0.6) is 0 Å². The second kappa shape index (κ2) is 6.28. The van der Waals surface area contributed by atoms with Crippen LogP contribution in [0.3, 0.4) is 0 Å². The van der Waals surface area contributed by atoms with Gasteiger partial charge in [-0.1, -0.05) is 30.3 Å². The molecule has 6 heteroatoms. The first-order valence-electron chi connectivity index (χ1n) is 8.48. The summed E-state index contributed by atoms with van der Waals surface area (Å²) in [6.07, 6.45) is 5.66. The number of fused-ring (bicyclic) bond motifs is 2. The summed E-state index contributed by atoms with van der Waals surface area (Å²) in [5.41, 5.74) is 1.92. The van der Waals surface area contributed by atoms with Gasteiger partial charge in [0.25, 0.3) is 0 Å². The first-order valence-corrected chi connectivity index (χ1v) is 8.48. The third-order valence-electron chi connectivity index (χ3n) is 5.01. The maximum atomic E-state index is 12.6. The van der Waals surface area contributed by atoms with E-state index in [4.69, 9.17) is 4.74 Å². The summed E-state index contributed by atoms with van der Waals surface area (Å²) in [6, 6.07) is 10.7. The molecule has 0 spiro atoms. The fourth-order valence-electron chi connectivity index (χ4n) is 3.65. The minimum atomic E-state index is -0.0438. The van der Waals surface area contributed by atoms with E-state index in [0.29, 0.717) is 13.2 Å². The van der Waals surface area contributed by atoms with Gasteiger partial charge >= 0.3 is 6.03 Å². The van der Waals surface area contributed by atoms with Gasteiger partial charge in [-0.3, -0.25) is 4.68 Å². The van der Waals surface area contributed by atoms with E-state index in [1.807, 2.05) is 34.0 Å². The number of urea groups is 1. The van der Waals surface area contributed by atoms with E-state index < -0.39 is 0 Å². The fraction of sp³-hybridized carbons (Fsp3) is 0.444. The summed E-state index contributed by atoms with van der Waals surface area (Å²) < 4.78 is 7.41. The van der Waals surface area contributed by atoms with Crippen LogP contribution in [0.25, 0.3) is 0 Å². The van der Waals surface area contributed by atoms with Crippen LogP contribution in [0.15, 0.2) is 42.7 Å².